The van der Waals surface area contributed by atoms with E-state index in [-0.39, 0.29) is 5.56 Å². The van der Waals surface area contributed by atoms with Crippen LogP contribution in [0.5, 0.6) is 5.75 Å². The van der Waals surface area contributed by atoms with Crippen molar-refractivity contribution in [3.8, 4) is 22.9 Å². The predicted octanol–water partition coefficient (Wildman–Crippen LogP) is 3.69. The van der Waals surface area contributed by atoms with Gasteiger partial charge in [0.1, 0.15) is 5.75 Å². The number of nitrogens with one attached hydrogen (secondary N) is 1. The van der Waals surface area contributed by atoms with Gasteiger partial charge < -0.3 is 19.5 Å². The van der Waals surface area contributed by atoms with Crippen LogP contribution < -0.4 is 20.5 Å². The monoisotopic (exact) mass is 440 g/mol. The van der Waals surface area contributed by atoms with Crippen molar-refractivity contribution in [3.05, 3.63) is 64.2 Å². The third-order valence-corrected chi connectivity index (χ3v) is 6.21. The van der Waals surface area contributed by atoms with Crippen LogP contribution in [-0.4, -0.2) is 34.5 Å². The van der Waals surface area contributed by atoms with E-state index in [1.807, 2.05) is 50.5 Å². The first-order valence-electron chi connectivity index (χ1n) is 10.7. The van der Waals surface area contributed by atoms with Crippen molar-refractivity contribution in [2.75, 3.05) is 30.4 Å². The van der Waals surface area contributed by atoms with Crippen LogP contribution in [0.25, 0.3) is 22.0 Å². The summed E-state index contributed by atoms with van der Waals surface area (Å²) in [6.07, 6.45) is 3.67. The van der Waals surface area contributed by atoms with E-state index >= 15 is 0 Å². The van der Waals surface area contributed by atoms with Crippen LogP contribution in [0.1, 0.15) is 11.1 Å². The predicted molar refractivity (Wildman–Crippen MR) is 129 cm³/mol. The summed E-state index contributed by atoms with van der Waals surface area (Å²) in [6, 6.07) is 12.1. The normalized spacial score (nSPS) is 12.9. The molecular weight excluding hydrogens is 416 g/mol. The van der Waals surface area contributed by atoms with Crippen molar-refractivity contribution in [1.82, 2.24) is 14.3 Å². The summed E-state index contributed by atoms with van der Waals surface area (Å²) in [7, 11) is 5.26. The number of aryl methyl sites for hydroxylation is 3. The van der Waals surface area contributed by atoms with E-state index in [0.29, 0.717) is 23.4 Å². The number of fused-ring (bicyclic) bond motifs is 2. The molecule has 0 saturated carbocycles. The van der Waals surface area contributed by atoms with E-state index in [0.717, 1.165) is 45.6 Å². The highest BCUT2D eigenvalue weighted by Crippen LogP contribution is 2.42. The van der Waals surface area contributed by atoms with E-state index in [4.69, 9.17) is 4.74 Å². The number of hydrogen-bond donors (Lipinski definition) is 1. The molecule has 8 heteroatoms. The highest BCUT2D eigenvalue weighted by atomic mass is 16.5. The summed E-state index contributed by atoms with van der Waals surface area (Å²) < 4.78 is 8.96. The van der Waals surface area contributed by atoms with Gasteiger partial charge in [0.2, 0.25) is 0 Å². The fourth-order valence-electron chi connectivity index (χ4n) is 4.53. The van der Waals surface area contributed by atoms with Crippen molar-refractivity contribution in [3.63, 3.8) is 0 Å². The Labute approximate surface area is 191 Å². The third kappa shape index (κ3) is 3.29. The minimum Gasteiger partial charge on any atom is -0.497 e. The zero-order chi connectivity index (χ0) is 23.3. The maximum Gasteiger partial charge on any atom is 0.253 e. The number of aromatic nitrogens is 3. The molecule has 0 amide bonds. The topological polar surface area (TPSA) is 88.1 Å². The Bertz CT molecular complexity index is 1510. The Morgan fingerprint density at radius 1 is 1.15 bits per heavy atom. The van der Waals surface area contributed by atoms with Crippen LogP contribution in [0.3, 0.4) is 0 Å². The average Bonchev–Trinajstić information content (AvgIpc) is 3.27. The third-order valence-electron chi connectivity index (χ3n) is 6.21. The molecule has 1 N–H and O–H groups in total. The SMILES string of the molecule is COc1cc(N2CCNc3cc(-c4cnn(C)c4)c(C#N)cc32)c2cc(C)c(=O)n(C)c2c1. The molecule has 0 bridgehead atoms. The summed E-state index contributed by atoms with van der Waals surface area (Å²) in [5, 5.41) is 18.6. The molecule has 0 aliphatic carbocycles. The quantitative estimate of drug-likeness (QED) is 0.523. The van der Waals surface area contributed by atoms with Gasteiger partial charge in [-0.15, -0.1) is 0 Å². The van der Waals surface area contributed by atoms with Crippen LogP contribution in [0.2, 0.25) is 0 Å². The molecule has 0 saturated heterocycles. The summed E-state index contributed by atoms with van der Waals surface area (Å²) in [4.78, 5) is 14.8. The largest absolute Gasteiger partial charge is 0.497 e. The molecule has 2 aromatic heterocycles. The van der Waals surface area contributed by atoms with Gasteiger partial charge in [-0.1, -0.05) is 0 Å². The van der Waals surface area contributed by atoms with Gasteiger partial charge in [0, 0.05) is 67.6 Å². The lowest BCUT2D eigenvalue weighted by molar-refractivity contribution is 0.415. The lowest BCUT2D eigenvalue weighted by Gasteiger charge is -2.34. The average molecular weight is 441 g/mol. The minimum atomic E-state index is -0.0321. The van der Waals surface area contributed by atoms with Crippen molar-refractivity contribution in [2.24, 2.45) is 14.1 Å². The molecule has 4 aromatic rings. The van der Waals surface area contributed by atoms with Gasteiger partial charge >= 0.3 is 0 Å². The molecule has 1 aliphatic heterocycles. The zero-order valence-corrected chi connectivity index (χ0v) is 19.0. The second-order valence-electron chi connectivity index (χ2n) is 8.28. The summed E-state index contributed by atoms with van der Waals surface area (Å²) in [5.74, 6) is 0.670. The van der Waals surface area contributed by atoms with Crippen molar-refractivity contribution < 1.29 is 4.74 Å². The molecule has 0 radical (unpaired) electrons. The second-order valence-corrected chi connectivity index (χ2v) is 8.28. The van der Waals surface area contributed by atoms with E-state index in [2.05, 4.69) is 21.4 Å². The maximum atomic E-state index is 12.6. The molecule has 166 valence electrons. The van der Waals surface area contributed by atoms with Crippen molar-refractivity contribution in [2.45, 2.75) is 6.92 Å². The number of methoxy groups -OCH3 is 1. The number of nitrogens with zero attached hydrogens (tertiary/aromatic N) is 5. The summed E-state index contributed by atoms with van der Waals surface area (Å²) in [6.45, 7) is 3.26. The van der Waals surface area contributed by atoms with Gasteiger partial charge in [-0.05, 0) is 25.1 Å². The molecule has 0 unspecified atom stereocenters. The number of pyridine rings is 1. The summed E-state index contributed by atoms with van der Waals surface area (Å²) in [5.41, 5.74) is 6.54. The molecule has 0 spiro atoms. The zero-order valence-electron chi connectivity index (χ0n) is 19.0. The molecule has 5 rings (SSSR count). The van der Waals surface area contributed by atoms with Gasteiger partial charge in [-0.3, -0.25) is 9.48 Å². The molecule has 2 aromatic carbocycles. The molecule has 1 aliphatic rings. The van der Waals surface area contributed by atoms with Crippen LogP contribution in [0, 0.1) is 18.3 Å². The number of ether oxygens (including phenoxy) is 1. The van der Waals surface area contributed by atoms with Gasteiger partial charge in [0.25, 0.3) is 5.56 Å². The summed E-state index contributed by atoms with van der Waals surface area (Å²) >= 11 is 0. The molecule has 33 heavy (non-hydrogen) atoms. The number of benzene rings is 2. The van der Waals surface area contributed by atoms with Gasteiger partial charge in [0.15, 0.2) is 0 Å². The Kier molecular flexibility index (Phi) is 4.82. The first kappa shape index (κ1) is 20.6. The first-order valence-corrected chi connectivity index (χ1v) is 10.7. The fraction of sp³-hybridized carbons (Fsp3) is 0.240. The van der Waals surface area contributed by atoms with E-state index in [1.54, 1.807) is 29.6 Å². The second kappa shape index (κ2) is 7.71. The molecule has 0 fully saturated rings. The Morgan fingerprint density at radius 2 is 1.97 bits per heavy atom. The molecule has 8 nitrogen and oxygen atoms in total. The standard InChI is InChI=1S/C25H24N6O2/c1-15-7-20-22(30(3)25(15)32)9-18(33-4)10-23(20)31-6-5-27-21-11-19(16(12-26)8-24(21)31)17-13-28-29(2)14-17/h7-11,13-14,27H,5-6H2,1-4H3. The smallest absolute Gasteiger partial charge is 0.253 e. The van der Waals surface area contributed by atoms with Gasteiger partial charge in [-0.25, -0.2) is 0 Å². The van der Waals surface area contributed by atoms with Crippen molar-refractivity contribution >= 4 is 28.0 Å². The maximum absolute atomic E-state index is 12.6. The number of nitriles is 1. The highest BCUT2D eigenvalue weighted by molar-refractivity contribution is 5.98. The van der Waals surface area contributed by atoms with Gasteiger partial charge in [-0.2, -0.15) is 10.4 Å². The Hall–Kier alpha value is -4.25. The number of hydrogen-bond acceptors (Lipinski definition) is 6. The Morgan fingerprint density at radius 3 is 2.67 bits per heavy atom. The van der Waals surface area contributed by atoms with Crippen molar-refractivity contribution in [1.29, 1.82) is 5.26 Å². The van der Waals surface area contributed by atoms with Crippen LogP contribution in [-0.2, 0) is 14.1 Å². The van der Waals surface area contributed by atoms with E-state index in [9.17, 15) is 10.1 Å². The number of rotatable bonds is 3. The number of anilines is 3. The molecule has 3 heterocycles. The van der Waals surface area contributed by atoms with Crippen LogP contribution in [0.15, 0.2) is 47.5 Å². The van der Waals surface area contributed by atoms with Crippen LogP contribution >= 0.6 is 0 Å². The van der Waals surface area contributed by atoms with E-state index in [1.165, 1.54) is 0 Å². The molecule has 0 atom stereocenters. The fourth-order valence-corrected chi connectivity index (χ4v) is 4.53. The Balaban J connectivity index is 1.75. The van der Waals surface area contributed by atoms with E-state index < -0.39 is 0 Å². The highest BCUT2D eigenvalue weighted by Gasteiger charge is 2.24. The van der Waals surface area contributed by atoms with Gasteiger partial charge in [0.05, 0.1) is 47.5 Å². The molecular formula is C25H24N6O2. The minimum absolute atomic E-state index is 0.0321. The first-order chi connectivity index (χ1) is 15.9. The van der Waals surface area contributed by atoms with Crippen LogP contribution in [0.4, 0.5) is 17.1 Å². The lowest BCUT2D eigenvalue weighted by Crippen LogP contribution is -2.31. The lowest BCUT2D eigenvalue weighted by atomic mass is 9.99.